The Morgan fingerprint density at radius 1 is 0.818 bits per heavy atom. The Morgan fingerprint density at radius 3 is 2.09 bits per heavy atom. The number of amides is 2. The van der Waals surface area contributed by atoms with Gasteiger partial charge in [0.15, 0.2) is 0 Å². The highest BCUT2D eigenvalue weighted by atomic mass is 35.5. The van der Waals surface area contributed by atoms with E-state index in [0.717, 1.165) is 41.6 Å². The van der Waals surface area contributed by atoms with E-state index in [1.54, 1.807) is 18.5 Å². The van der Waals surface area contributed by atoms with Gasteiger partial charge in [0.25, 0.3) is 11.8 Å². The summed E-state index contributed by atoms with van der Waals surface area (Å²) in [6.45, 7) is 0.822. The highest BCUT2D eigenvalue weighted by Crippen LogP contribution is 2.36. The van der Waals surface area contributed by atoms with Crippen LogP contribution in [0.4, 0.5) is 32.3 Å². The van der Waals surface area contributed by atoms with Crippen LogP contribution in [0.1, 0.15) is 34.3 Å². The van der Waals surface area contributed by atoms with Gasteiger partial charge >= 0.3 is 12.4 Å². The topological polar surface area (TPSA) is 91.8 Å². The lowest BCUT2D eigenvalue weighted by Gasteiger charge is -2.45. The molecule has 3 aromatic rings. The van der Waals surface area contributed by atoms with Crippen molar-refractivity contribution >= 4 is 30.2 Å². The summed E-state index contributed by atoms with van der Waals surface area (Å²) in [4.78, 5) is 44.2. The smallest absolute Gasteiger partial charge is 0.417 e. The second-order valence-electron chi connectivity index (χ2n) is 10.2. The van der Waals surface area contributed by atoms with Crippen molar-refractivity contribution in [3.8, 4) is 5.75 Å². The molecule has 1 atom stereocenters. The first-order valence-corrected chi connectivity index (χ1v) is 13.4. The summed E-state index contributed by atoms with van der Waals surface area (Å²) >= 11 is 0. The molecule has 2 aliphatic heterocycles. The molecule has 236 valence electrons. The number of benzene rings is 1. The van der Waals surface area contributed by atoms with E-state index in [1.165, 1.54) is 4.90 Å². The van der Waals surface area contributed by atoms with Gasteiger partial charge in [-0.3, -0.25) is 14.6 Å². The van der Waals surface area contributed by atoms with E-state index in [0.29, 0.717) is 25.1 Å². The van der Waals surface area contributed by atoms with Gasteiger partial charge in [0.1, 0.15) is 5.75 Å². The highest BCUT2D eigenvalue weighted by molar-refractivity contribution is 5.96. The third-order valence-corrected chi connectivity index (χ3v) is 7.39. The second-order valence-corrected chi connectivity index (χ2v) is 10.2. The summed E-state index contributed by atoms with van der Waals surface area (Å²) in [5, 5.41) is 0. The number of alkyl halides is 6. The standard InChI is InChI=1S/C28H26F6N6O3.ClH/c29-27(30,31)19-3-5-20(6-4-19)43-26(24(42)38-13-15-39(16-14-38)25-36-9-2-10-37-25)8-1-12-40(18-26)23(41)21-17-35-11-7-22(21)28(32,33)34;/h2-7,9-11,17H,1,8,12-16,18H2;1H. The molecule has 16 heteroatoms. The van der Waals surface area contributed by atoms with Crippen molar-refractivity contribution in [3.63, 3.8) is 0 Å². The molecule has 0 spiro atoms. The van der Waals surface area contributed by atoms with Crippen molar-refractivity contribution in [1.29, 1.82) is 0 Å². The number of carbonyl (C=O) groups excluding carboxylic acids is 2. The number of carbonyl (C=O) groups is 2. The molecular weight excluding hydrogens is 618 g/mol. The second kappa shape index (κ2) is 12.8. The summed E-state index contributed by atoms with van der Waals surface area (Å²) in [7, 11) is 0. The van der Waals surface area contributed by atoms with Crippen molar-refractivity contribution in [2.24, 2.45) is 0 Å². The minimum absolute atomic E-state index is 0. The van der Waals surface area contributed by atoms with Crippen LogP contribution in [0.5, 0.6) is 5.75 Å². The summed E-state index contributed by atoms with van der Waals surface area (Å²) < 4.78 is 86.6. The van der Waals surface area contributed by atoms with Crippen LogP contribution in [-0.4, -0.2) is 81.4 Å². The Bertz CT molecular complexity index is 1450. The molecule has 0 radical (unpaired) electrons. The summed E-state index contributed by atoms with van der Waals surface area (Å²) in [5.74, 6) is -1.08. The molecular formula is C28H27ClF6N6O3. The number of piperidine rings is 1. The lowest BCUT2D eigenvalue weighted by atomic mass is 9.89. The number of rotatable bonds is 5. The number of hydrogen-bond donors (Lipinski definition) is 0. The molecule has 9 nitrogen and oxygen atoms in total. The molecule has 2 aromatic heterocycles. The van der Waals surface area contributed by atoms with Gasteiger partial charge in [-0.05, 0) is 49.2 Å². The number of halogens is 7. The maximum atomic E-state index is 14.1. The van der Waals surface area contributed by atoms with Crippen LogP contribution in [-0.2, 0) is 17.1 Å². The molecule has 44 heavy (non-hydrogen) atoms. The van der Waals surface area contributed by atoms with Gasteiger partial charge in [-0.1, -0.05) is 0 Å². The lowest BCUT2D eigenvalue weighted by molar-refractivity contribution is -0.153. The average molecular weight is 645 g/mol. The lowest BCUT2D eigenvalue weighted by Crippen LogP contribution is -2.64. The Hall–Kier alpha value is -4.14. The van der Waals surface area contributed by atoms with Gasteiger partial charge < -0.3 is 19.4 Å². The van der Waals surface area contributed by atoms with E-state index in [1.807, 2.05) is 4.90 Å². The van der Waals surface area contributed by atoms with Crippen molar-refractivity contribution in [1.82, 2.24) is 24.8 Å². The van der Waals surface area contributed by atoms with Crippen LogP contribution in [0.2, 0.25) is 0 Å². The number of piperazine rings is 1. The molecule has 2 aliphatic rings. The van der Waals surface area contributed by atoms with Gasteiger partial charge in [0, 0.05) is 57.5 Å². The van der Waals surface area contributed by atoms with Crippen LogP contribution < -0.4 is 9.64 Å². The third kappa shape index (κ3) is 6.98. The largest absolute Gasteiger partial charge is 0.476 e. The number of aromatic nitrogens is 3. The van der Waals surface area contributed by atoms with Gasteiger partial charge in [0.2, 0.25) is 11.5 Å². The first-order chi connectivity index (χ1) is 20.4. The minimum atomic E-state index is -4.82. The van der Waals surface area contributed by atoms with Gasteiger partial charge in [-0.25, -0.2) is 9.97 Å². The molecule has 1 aromatic carbocycles. The van der Waals surface area contributed by atoms with Crippen molar-refractivity contribution in [2.75, 3.05) is 44.2 Å². The zero-order valence-electron chi connectivity index (χ0n) is 23.0. The molecule has 0 N–H and O–H groups in total. The number of nitrogens with zero attached hydrogens (tertiary/aromatic N) is 6. The van der Waals surface area contributed by atoms with E-state index >= 15 is 0 Å². The van der Waals surface area contributed by atoms with E-state index in [-0.39, 0.29) is 50.6 Å². The average Bonchev–Trinajstić information content (AvgIpc) is 3.00. The molecule has 0 saturated carbocycles. The Labute approximate surface area is 254 Å². The zero-order valence-corrected chi connectivity index (χ0v) is 23.8. The third-order valence-electron chi connectivity index (χ3n) is 7.39. The number of pyridine rings is 1. The maximum Gasteiger partial charge on any atom is 0.417 e. The molecule has 2 fully saturated rings. The molecule has 1 unspecified atom stereocenters. The van der Waals surface area contributed by atoms with E-state index in [9.17, 15) is 35.9 Å². The van der Waals surface area contributed by atoms with Gasteiger partial charge in [0.05, 0.1) is 23.2 Å². The minimum Gasteiger partial charge on any atom is -0.476 e. The fourth-order valence-electron chi connectivity index (χ4n) is 5.27. The fourth-order valence-corrected chi connectivity index (χ4v) is 5.27. The van der Waals surface area contributed by atoms with Crippen LogP contribution >= 0.6 is 12.4 Å². The van der Waals surface area contributed by atoms with E-state index < -0.39 is 53.0 Å². The molecule has 4 heterocycles. The summed E-state index contributed by atoms with van der Waals surface area (Å²) in [6.07, 6.45) is -4.21. The first-order valence-electron chi connectivity index (χ1n) is 13.4. The molecule has 5 rings (SSSR count). The highest BCUT2D eigenvalue weighted by Gasteiger charge is 2.49. The Morgan fingerprint density at radius 2 is 1.48 bits per heavy atom. The normalized spacial score (nSPS) is 19.3. The summed E-state index contributed by atoms with van der Waals surface area (Å²) in [6, 6.07) is 6.14. The van der Waals surface area contributed by atoms with Crippen molar-refractivity contribution < 1.29 is 40.7 Å². The number of anilines is 1. The van der Waals surface area contributed by atoms with Crippen LogP contribution in [0.15, 0.2) is 61.2 Å². The monoisotopic (exact) mass is 644 g/mol. The molecule has 0 aliphatic carbocycles. The SMILES string of the molecule is Cl.O=C(c1cnccc1C(F)(F)F)N1CCCC(Oc2ccc(C(F)(F)F)cc2)(C(=O)N2CCN(c3ncccn3)CC2)C1. The van der Waals surface area contributed by atoms with Crippen molar-refractivity contribution in [3.05, 3.63) is 77.9 Å². The molecule has 0 bridgehead atoms. The number of ether oxygens (including phenoxy) is 1. The summed E-state index contributed by atoms with van der Waals surface area (Å²) in [5.41, 5.74) is -4.53. The zero-order chi connectivity index (χ0) is 30.8. The van der Waals surface area contributed by atoms with Gasteiger partial charge in [-0.2, -0.15) is 26.3 Å². The molecule has 2 saturated heterocycles. The predicted molar refractivity (Wildman–Crippen MR) is 147 cm³/mol. The van der Waals surface area contributed by atoms with Crippen LogP contribution in [0.25, 0.3) is 0 Å². The number of likely N-dealkylation sites (tertiary alicyclic amines) is 1. The fraction of sp³-hybridized carbons (Fsp3) is 0.393. The van der Waals surface area contributed by atoms with E-state index in [4.69, 9.17) is 4.74 Å². The van der Waals surface area contributed by atoms with Crippen molar-refractivity contribution in [2.45, 2.75) is 30.8 Å². The van der Waals surface area contributed by atoms with Crippen LogP contribution in [0.3, 0.4) is 0 Å². The Kier molecular flexibility index (Phi) is 9.56. The van der Waals surface area contributed by atoms with E-state index in [2.05, 4.69) is 15.0 Å². The molecule has 2 amide bonds. The Balaban J connectivity index is 0.00000442. The maximum absolute atomic E-state index is 14.1. The van der Waals surface area contributed by atoms with Gasteiger partial charge in [-0.15, -0.1) is 12.4 Å². The predicted octanol–water partition coefficient (Wildman–Crippen LogP) is 4.73. The number of hydrogen-bond acceptors (Lipinski definition) is 7. The van der Waals surface area contributed by atoms with Crippen LogP contribution in [0, 0.1) is 0 Å². The first kappa shape index (κ1) is 32.8. The quantitative estimate of drug-likeness (QED) is 0.371.